The molecule has 138 valence electrons. The van der Waals surface area contributed by atoms with E-state index in [4.69, 9.17) is 0 Å². The highest BCUT2D eigenvalue weighted by molar-refractivity contribution is 7.89. The van der Waals surface area contributed by atoms with Crippen molar-refractivity contribution in [1.82, 2.24) is 14.1 Å². The molecule has 0 bridgehead atoms. The summed E-state index contributed by atoms with van der Waals surface area (Å²) in [5.41, 5.74) is 3.22. The van der Waals surface area contributed by atoms with Gasteiger partial charge < -0.3 is 0 Å². The minimum absolute atomic E-state index is 0.330. The molecule has 6 heteroatoms. The first-order valence-corrected chi connectivity index (χ1v) is 10.3. The minimum atomic E-state index is -3.52. The zero-order chi connectivity index (χ0) is 18.9. The van der Waals surface area contributed by atoms with Crippen molar-refractivity contribution in [2.24, 2.45) is 0 Å². The molecule has 1 aromatic heterocycles. The number of sulfonamides is 1. The van der Waals surface area contributed by atoms with Gasteiger partial charge in [0.15, 0.2) is 0 Å². The first-order chi connectivity index (χ1) is 12.3. The molecule has 0 saturated carbocycles. The maximum Gasteiger partial charge on any atom is 0.242 e. The summed E-state index contributed by atoms with van der Waals surface area (Å²) >= 11 is 0. The van der Waals surface area contributed by atoms with Gasteiger partial charge in [0.05, 0.1) is 10.6 Å². The molecule has 0 fully saturated rings. The third-order valence-electron chi connectivity index (χ3n) is 4.94. The SMILES string of the molecule is CCn1nc(C)c(CCN(C)S(=O)(=O)c2ccc3ccccc3c2)c1C. The highest BCUT2D eigenvalue weighted by atomic mass is 32.2. The Balaban J connectivity index is 1.81. The molecule has 0 radical (unpaired) electrons. The van der Waals surface area contributed by atoms with Gasteiger partial charge in [0.1, 0.15) is 0 Å². The summed E-state index contributed by atoms with van der Waals surface area (Å²) in [6.07, 6.45) is 0.654. The summed E-state index contributed by atoms with van der Waals surface area (Å²) < 4.78 is 29.3. The molecular formula is C20H25N3O2S. The molecule has 0 spiro atoms. The largest absolute Gasteiger partial charge is 0.270 e. The summed E-state index contributed by atoms with van der Waals surface area (Å²) in [4.78, 5) is 0.330. The third-order valence-corrected chi connectivity index (χ3v) is 6.79. The fraction of sp³-hybridized carbons (Fsp3) is 0.350. The van der Waals surface area contributed by atoms with Crippen LogP contribution in [-0.2, 0) is 23.0 Å². The predicted molar refractivity (Wildman–Crippen MR) is 105 cm³/mol. The molecule has 3 rings (SSSR count). The zero-order valence-corrected chi connectivity index (χ0v) is 16.5. The van der Waals surface area contributed by atoms with Crippen LogP contribution in [0.25, 0.3) is 10.8 Å². The number of benzene rings is 2. The zero-order valence-electron chi connectivity index (χ0n) is 15.7. The summed E-state index contributed by atoms with van der Waals surface area (Å²) in [7, 11) is -1.88. The molecule has 0 amide bonds. The van der Waals surface area contributed by atoms with E-state index < -0.39 is 10.0 Å². The molecule has 0 aliphatic rings. The van der Waals surface area contributed by atoms with Crippen LogP contribution in [0.5, 0.6) is 0 Å². The Morgan fingerprint density at radius 1 is 1.08 bits per heavy atom. The van der Waals surface area contributed by atoms with Crippen LogP contribution in [0.1, 0.15) is 23.9 Å². The molecule has 3 aromatic rings. The van der Waals surface area contributed by atoms with Gasteiger partial charge in [-0.1, -0.05) is 30.3 Å². The van der Waals surface area contributed by atoms with Crippen molar-refractivity contribution in [3.8, 4) is 0 Å². The second-order valence-corrected chi connectivity index (χ2v) is 8.60. The summed E-state index contributed by atoms with van der Waals surface area (Å²) in [5.74, 6) is 0. The number of likely N-dealkylation sites (N-methyl/N-ethyl adjacent to an activating group) is 1. The van der Waals surface area contributed by atoms with Crippen LogP contribution >= 0.6 is 0 Å². The van der Waals surface area contributed by atoms with E-state index >= 15 is 0 Å². The Bertz CT molecular complexity index is 1040. The van der Waals surface area contributed by atoms with E-state index in [1.54, 1.807) is 19.2 Å². The molecule has 2 aromatic carbocycles. The lowest BCUT2D eigenvalue weighted by atomic mass is 10.1. The van der Waals surface area contributed by atoms with Crippen molar-refractivity contribution in [3.63, 3.8) is 0 Å². The van der Waals surface area contributed by atoms with E-state index in [9.17, 15) is 8.42 Å². The molecule has 5 nitrogen and oxygen atoms in total. The maximum atomic E-state index is 12.9. The first kappa shape index (κ1) is 18.6. The van der Waals surface area contributed by atoms with E-state index in [0.29, 0.717) is 17.9 Å². The Labute approximate surface area is 155 Å². The van der Waals surface area contributed by atoms with Crippen LogP contribution < -0.4 is 0 Å². The van der Waals surface area contributed by atoms with Crippen molar-refractivity contribution in [2.75, 3.05) is 13.6 Å². The van der Waals surface area contributed by atoms with Gasteiger partial charge in [-0.2, -0.15) is 5.10 Å². The smallest absolute Gasteiger partial charge is 0.242 e. The van der Waals surface area contributed by atoms with Crippen LogP contribution in [0.15, 0.2) is 47.4 Å². The lowest BCUT2D eigenvalue weighted by Gasteiger charge is -2.17. The molecule has 0 aliphatic carbocycles. The van der Waals surface area contributed by atoms with Crippen LogP contribution in [0.3, 0.4) is 0 Å². The predicted octanol–water partition coefficient (Wildman–Crippen LogP) is 3.54. The van der Waals surface area contributed by atoms with E-state index in [-0.39, 0.29) is 0 Å². The Kier molecular flexibility index (Phi) is 5.16. The topological polar surface area (TPSA) is 55.2 Å². The summed E-state index contributed by atoms with van der Waals surface area (Å²) in [6.45, 7) is 7.31. The average molecular weight is 372 g/mol. The van der Waals surface area contributed by atoms with Crippen molar-refractivity contribution < 1.29 is 8.42 Å². The number of nitrogens with zero attached hydrogens (tertiary/aromatic N) is 3. The number of aromatic nitrogens is 2. The highest BCUT2D eigenvalue weighted by Gasteiger charge is 2.22. The first-order valence-electron chi connectivity index (χ1n) is 8.82. The number of fused-ring (bicyclic) bond motifs is 1. The second kappa shape index (κ2) is 7.21. The molecule has 0 N–H and O–H groups in total. The number of rotatable bonds is 6. The molecule has 1 heterocycles. The Hall–Kier alpha value is -2.18. The van der Waals surface area contributed by atoms with Gasteiger partial charge in [-0.15, -0.1) is 0 Å². The fourth-order valence-corrected chi connectivity index (χ4v) is 4.51. The third kappa shape index (κ3) is 3.39. The number of hydrogen-bond donors (Lipinski definition) is 0. The average Bonchev–Trinajstić information content (AvgIpc) is 2.92. The monoisotopic (exact) mass is 371 g/mol. The number of hydrogen-bond acceptors (Lipinski definition) is 3. The quantitative estimate of drug-likeness (QED) is 0.666. The lowest BCUT2D eigenvalue weighted by molar-refractivity contribution is 0.472. The standard InChI is InChI=1S/C20H25N3O2S/c1-5-23-16(3)20(15(2)21-23)12-13-22(4)26(24,25)19-11-10-17-8-6-7-9-18(17)14-19/h6-11,14H,5,12-13H2,1-4H3. The molecule has 0 saturated heterocycles. The van der Waals surface area contributed by atoms with Crippen LogP contribution in [0, 0.1) is 13.8 Å². The molecule has 0 aliphatic heterocycles. The normalized spacial score (nSPS) is 12.2. The Morgan fingerprint density at radius 2 is 1.77 bits per heavy atom. The minimum Gasteiger partial charge on any atom is -0.270 e. The van der Waals surface area contributed by atoms with Crippen molar-refractivity contribution in [2.45, 2.75) is 38.6 Å². The molecule has 26 heavy (non-hydrogen) atoms. The van der Waals surface area contributed by atoms with Crippen molar-refractivity contribution in [3.05, 3.63) is 59.4 Å². The van der Waals surface area contributed by atoms with Gasteiger partial charge in [0.2, 0.25) is 10.0 Å². The molecule has 0 atom stereocenters. The lowest BCUT2D eigenvalue weighted by Crippen LogP contribution is -2.29. The Morgan fingerprint density at radius 3 is 2.42 bits per heavy atom. The van der Waals surface area contributed by atoms with Crippen molar-refractivity contribution >= 4 is 20.8 Å². The van der Waals surface area contributed by atoms with Gasteiger partial charge in [0, 0.05) is 25.8 Å². The fourth-order valence-electron chi connectivity index (χ4n) is 3.30. The van der Waals surface area contributed by atoms with Gasteiger partial charge in [-0.25, -0.2) is 12.7 Å². The molecule has 0 unspecified atom stereocenters. The van der Waals surface area contributed by atoms with Crippen LogP contribution in [0.4, 0.5) is 0 Å². The summed E-state index contributed by atoms with van der Waals surface area (Å²) in [6, 6.07) is 13.1. The van der Waals surface area contributed by atoms with Gasteiger partial charge in [-0.3, -0.25) is 4.68 Å². The van der Waals surface area contributed by atoms with Crippen LogP contribution in [0.2, 0.25) is 0 Å². The van der Waals surface area contributed by atoms with E-state index in [0.717, 1.165) is 34.3 Å². The van der Waals surface area contributed by atoms with Gasteiger partial charge in [0.25, 0.3) is 0 Å². The van der Waals surface area contributed by atoms with E-state index in [1.807, 2.05) is 48.9 Å². The van der Waals surface area contributed by atoms with E-state index in [1.165, 1.54) is 4.31 Å². The molecular weight excluding hydrogens is 346 g/mol. The van der Waals surface area contributed by atoms with Gasteiger partial charge >= 0.3 is 0 Å². The number of aryl methyl sites for hydroxylation is 2. The van der Waals surface area contributed by atoms with Crippen LogP contribution in [-0.4, -0.2) is 36.1 Å². The van der Waals surface area contributed by atoms with Gasteiger partial charge in [-0.05, 0) is 55.7 Å². The van der Waals surface area contributed by atoms with Crippen molar-refractivity contribution in [1.29, 1.82) is 0 Å². The highest BCUT2D eigenvalue weighted by Crippen LogP contribution is 2.22. The summed E-state index contributed by atoms with van der Waals surface area (Å²) in [5, 5.41) is 6.47. The maximum absolute atomic E-state index is 12.9. The van der Waals surface area contributed by atoms with E-state index in [2.05, 4.69) is 12.0 Å². The second-order valence-electron chi connectivity index (χ2n) is 6.55.